The molecule has 0 amide bonds. The summed E-state index contributed by atoms with van der Waals surface area (Å²) in [4.78, 5) is 0. The zero-order chi connectivity index (χ0) is 23.9. The van der Waals surface area contributed by atoms with Crippen LogP contribution in [0.2, 0.25) is 0 Å². The summed E-state index contributed by atoms with van der Waals surface area (Å²) in [7, 11) is 4.37. The van der Waals surface area contributed by atoms with Crippen molar-refractivity contribution in [2.75, 3.05) is 27.9 Å². The lowest BCUT2D eigenvalue weighted by Gasteiger charge is -2.40. The van der Waals surface area contributed by atoms with E-state index >= 15 is 0 Å². The molecule has 1 fully saturated rings. The molecular formula is C23H28O10. The Morgan fingerprint density at radius 2 is 1.55 bits per heavy atom. The Labute approximate surface area is 190 Å². The van der Waals surface area contributed by atoms with Crippen LogP contribution in [-0.2, 0) is 17.6 Å². The van der Waals surface area contributed by atoms with Crippen LogP contribution in [0.5, 0.6) is 28.7 Å². The van der Waals surface area contributed by atoms with Crippen molar-refractivity contribution in [2.24, 2.45) is 0 Å². The van der Waals surface area contributed by atoms with Gasteiger partial charge in [0.2, 0.25) is 12.0 Å². The first kappa shape index (κ1) is 23.4. The molecule has 33 heavy (non-hydrogen) atoms. The van der Waals surface area contributed by atoms with Crippen molar-refractivity contribution in [3.05, 3.63) is 29.3 Å². The van der Waals surface area contributed by atoms with Gasteiger partial charge in [-0.1, -0.05) is 0 Å². The summed E-state index contributed by atoms with van der Waals surface area (Å²) in [6.45, 7) is -0.586. The molecule has 1 heterocycles. The number of hydrogen-bond acceptors (Lipinski definition) is 10. The molecule has 5 atom stereocenters. The van der Waals surface area contributed by atoms with E-state index in [2.05, 4.69) is 0 Å². The number of benzene rings is 2. The second-order valence-corrected chi connectivity index (χ2v) is 7.97. The van der Waals surface area contributed by atoms with E-state index in [0.29, 0.717) is 24.2 Å². The number of ether oxygens (including phenoxy) is 5. The number of phenols is 1. The third-order valence-electron chi connectivity index (χ3n) is 6.13. The maximum Gasteiger partial charge on any atom is 0.229 e. The molecule has 4 rings (SSSR count). The second-order valence-electron chi connectivity index (χ2n) is 7.97. The van der Waals surface area contributed by atoms with Gasteiger partial charge >= 0.3 is 0 Å². The van der Waals surface area contributed by atoms with Crippen molar-refractivity contribution in [1.82, 2.24) is 0 Å². The summed E-state index contributed by atoms with van der Waals surface area (Å²) in [5.41, 5.74) is 3.08. The number of aromatic hydroxyl groups is 1. The molecule has 5 N–H and O–H groups in total. The molecule has 2 aromatic rings. The molecule has 0 aromatic heterocycles. The van der Waals surface area contributed by atoms with Gasteiger partial charge in [0, 0.05) is 5.56 Å². The predicted octanol–water partition coefficient (Wildman–Crippen LogP) is 0.362. The van der Waals surface area contributed by atoms with E-state index in [9.17, 15) is 25.5 Å². The normalized spacial score (nSPS) is 26.2. The van der Waals surface area contributed by atoms with Crippen molar-refractivity contribution in [2.45, 2.75) is 43.5 Å². The first-order valence-corrected chi connectivity index (χ1v) is 10.5. The third kappa shape index (κ3) is 3.94. The Hall–Kier alpha value is -2.76. The third-order valence-corrected chi connectivity index (χ3v) is 6.13. The molecule has 1 aliphatic carbocycles. The van der Waals surface area contributed by atoms with Gasteiger partial charge in [0.05, 0.1) is 27.9 Å². The maximum atomic E-state index is 10.5. The van der Waals surface area contributed by atoms with E-state index < -0.39 is 37.3 Å². The standard InChI is InChI=1S/C23H28O10/c1-29-14-8-12-10(6-13(14)25)4-5-11-7-15(30-2)21(31-3)22(17(11)12)33-23-20(28)19(27)18(26)16(9-24)32-23/h6-8,16,18-20,23-28H,4-5,9H2,1-3H3/t16-,18+,19+,20-,23+/m1/s1. The highest BCUT2D eigenvalue weighted by molar-refractivity contribution is 5.84. The minimum Gasteiger partial charge on any atom is -0.504 e. The zero-order valence-electron chi connectivity index (χ0n) is 18.5. The highest BCUT2D eigenvalue weighted by Gasteiger charge is 2.45. The van der Waals surface area contributed by atoms with Crippen LogP contribution in [0.15, 0.2) is 18.2 Å². The summed E-state index contributed by atoms with van der Waals surface area (Å²) >= 11 is 0. The molecule has 0 unspecified atom stereocenters. The number of aliphatic hydroxyl groups is 4. The first-order valence-electron chi connectivity index (χ1n) is 10.5. The summed E-state index contributed by atoms with van der Waals surface area (Å²) in [5, 5.41) is 50.6. The number of phenolic OH excluding ortho intramolecular Hbond substituents is 1. The summed E-state index contributed by atoms with van der Waals surface area (Å²) in [6.07, 6.45) is -6.02. The quantitative estimate of drug-likeness (QED) is 0.406. The van der Waals surface area contributed by atoms with Crippen LogP contribution in [-0.4, -0.2) is 84.2 Å². The predicted molar refractivity (Wildman–Crippen MR) is 115 cm³/mol. The fraction of sp³-hybridized carbons (Fsp3) is 0.478. The van der Waals surface area contributed by atoms with Gasteiger partial charge in [-0.25, -0.2) is 0 Å². The summed E-state index contributed by atoms with van der Waals surface area (Å²) in [5.74, 6) is 1.09. The van der Waals surface area contributed by atoms with Crippen LogP contribution < -0.4 is 18.9 Å². The number of aliphatic hydroxyl groups excluding tert-OH is 4. The van der Waals surface area contributed by atoms with Gasteiger partial charge in [-0.05, 0) is 47.7 Å². The van der Waals surface area contributed by atoms with Gasteiger partial charge in [0.25, 0.3) is 0 Å². The van der Waals surface area contributed by atoms with Crippen molar-refractivity contribution in [1.29, 1.82) is 0 Å². The van der Waals surface area contributed by atoms with E-state index in [-0.39, 0.29) is 23.0 Å². The first-order chi connectivity index (χ1) is 15.8. The smallest absolute Gasteiger partial charge is 0.229 e. The Morgan fingerprint density at radius 3 is 2.18 bits per heavy atom. The SMILES string of the molecule is COc1cc2c(cc1O)CCc1cc(OC)c(OC)c(O[C@@H]3O[C@H](CO)[C@H](O)[C@H](O)[C@H]3O)c1-2. The van der Waals surface area contributed by atoms with Crippen LogP contribution >= 0.6 is 0 Å². The van der Waals surface area contributed by atoms with E-state index in [1.54, 1.807) is 12.1 Å². The van der Waals surface area contributed by atoms with Crippen molar-refractivity contribution in [3.8, 4) is 39.9 Å². The van der Waals surface area contributed by atoms with E-state index in [4.69, 9.17) is 23.7 Å². The Kier molecular flexibility index (Phi) is 6.55. The molecule has 0 saturated carbocycles. The lowest BCUT2D eigenvalue weighted by atomic mass is 9.84. The number of aryl methyl sites for hydroxylation is 2. The molecule has 0 bridgehead atoms. The highest BCUT2D eigenvalue weighted by atomic mass is 16.7. The number of fused-ring (bicyclic) bond motifs is 3. The zero-order valence-corrected chi connectivity index (χ0v) is 18.5. The van der Waals surface area contributed by atoms with Crippen molar-refractivity contribution < 1.29 is 49.2 Å². The molecule has 0 radical (unpaired) electrons. The monoisotopic (exact) mass is 464 g/mol. The molecule has 10 nitrogen and oxygen atoms in total. The van der Waals surface area contributed by atoms with Crippen molar-refractivity contribution in [3.63, 3.8) is 0 Å². The van der Waals surface area contributed by atoms with Crippen molar-refractivity contribution >= 4 is 0 Å². The molecule has 1 aliphatic heterocycles. The van der Waals surface area contributed by atoms with Gasteiger partial charge in [0.1, 0.15) is 24.4 Å². The van der Waals surface area contributed by atoms with Crippen LogP contribution in [0.25, 0.3) is 11.1 Å². The fourth-order valence-electron chi connectivity index (χ4n) is 4.38. The van der Waals surface area contributed by atoms with Crippen LogP contribution in [0.1, 0.15) is 11.1 Å². The summed E-state index contributed by atoms with van der Waals surface area (Å²) in [6, 6.07) is 5.15. The summed E-state index contributed by atoms with van der Waals surface area (Å²) < 4.78 is 28.0. The average Bonchev–Trinajstić information content (AvgIpc) is 2.82. The minimum absolute atomic E-state index is 0.0107. The fourth-order valence-corrected chi connectivity index (χ4v) is 4.38. The lowest BCUT2D eigenvalue weighted by molar-refractivity contribution is -0.277. The Bertz CT molecular complexity index is 1020. The number of methoxy groups -OCH3 is 3. The molecule has 2 aliphatic rings. The number of hydrogen-bond donors (Lipinski definition) is 5. The Morgan fingerprint density at radius 1 is 0.848 bits per heavy atom. The van der Waals surface area contributed by atoms with Gasteiger partial charge in [0.15, 0.2) is 23.0 Å². The van der Waals surface area contributed by atoms with Gasteiger partial charge in [-0.15, -0.1) is 0 Å². The molecular weight excluding hydrogens is 436 g/mol. The molecule has 10 heteroatoms. The molecule has 0 spiro atoms. The van der Waals surface area contributed by atoms with E-state index in [0.717, 1.165) is 16.7 Å². The minimum atomic E-state index is -1.60. The average molecular weight is 464 g/mol. The van der Waals surface area contributed by atoms with E-state index in [1.807, 2.05) is 6.07 Å². The Balaban J connectivity index is 1.88. The lowest BCUT2D eigenvalue weighted by Crippen LogP contribution is -2.60. The molecule has 1 saturated heterocycles. The topological polar surface area (TPSA) is 147 Å². The largest absolute Gasteiger partial charge is 0.504 e. The van der Waals surface area contributed by atoms with E-state index in [1.165, 1.54) is 21.3 Å². The molecule has 180 valence electrons. The maximum absolute atomic E-state index is 10.5. The van der Waals surface area contributed by atoms with Crippen LogP contribution in [0.3, 0.4) is 0 Å². The second kappa shape index (κ2) is 9.24. The van der Waals surface area contributed by atoms with Gasteiger partial charge in [-0.3, -0.25) is 0 Å². The molecule has 2 aromatic carbocycles. The number of rotatable bonds is 6. The van der Waals surface area contributed by atoms with Crippen LogP contribution in [0, 0.1) is 0 Å². The van der Waals surface area contributed by atoms with Crippen LogP contribution in [0.4, 0.5) is 0 Å². The highest BCUT2D eigenvalue weighted by Crippen LogP contribution is 2.52. The van der Waals surface area contributed by atoms with Gasteiger partial charge in [-0.2, -0.15) is 0 Å². The van der Waals surface area contributed by atoms with Gasteiger partial charge < -0.3 is 49.2 Å².